The average molecular weight is 456 g/mol. The number of nitrogens with two attached hydrogens (primary N) is 1. The molecule has 4 nitrogen and oxygen atoms in total. The van der Waals surface area contributed by atoms with Crippen molar-refractivity contribution in [1.29, 1.82) is 0 Å². The van der Waals surface area contributed by atoms with Gasteiger partial charge in [0.15, 0.2) is 5.96 Å². The third kappa shape index (κ3) is 5.17. The first-order valence-corrected chi connectivity index (χ1v) is 9.12. The summed E-state index contributed by atoms with van der Waals surface area (Å²) in [5.74, 6) is 0.561. The number of rotatable bonds is 4. The van der Waals surface area contributed by atoms with Crippen molar-refractivity contribution in [3.63, 3.8) is 0 Å². The first-order chi connectivity index (χ1) is 11.2. The smallest absolute Gasteiger partial charge is 0.189 e. The molecule has 1 aromatic carbocycles. The van der Waals surface area contributed by atoms with Gasteiger partial charge in [-0.1, -0.05) is 49.6 Å². The molecular weight excluding hydrogens is 431 g/mol. The maximum atomic E-state index is 6.04. The highest BCUT2D eigenvalue weighted by Crippen LogP contribution is 2.28. The van der Waals surface area contributed by atoms with Gasteiger partial charge in [-0.3, -0.25) is 0 Å². The van der Waals surface area contributed by atoms with Crippen LogP contribution >= 0.6 is 35.3 Å². The second-order valence-electron chi connectivity index (χ2n) is 6.07. The molecule has 0 amide bonds. The Morgan fingerprint density at radius 3 is 2.67 bits per heavy atom. The fraction of sp³-hybridized carbons (Fsp3) is 0.444. The minimum atomic E-state index is 0. The van der Waals surface area contributed by atoms with Crippen molar-refractivity contribution in [3.8, 4) is 10.6 Å². The van der Waals surface area contributed by atoms with Crippen LogP contribution in [-0.4, -0.2) is 17.0 Å². The number of thiazole rings is 1. The van der Waals surface area contributed by atoms with Crippen LogP contribution in [0.1, 0.15) is 42.7 Å². The maximum Gasteiger partial charge on any atom is 0.189 e. The summed E-state index contributed by atoms with van der Waals surface area (Å²) in [4.78, 5) is 10.4. The summed E-state index contributed by atoms with van der Waals surface area (Å²) in [6.07, 6.45) is 6.33. The third-order valence-corrected chi connectivity index (χ3v) is 5.45. The highest BCUT2D eigenvalue weighted by atomic mass is 127. The third-order valence-electron chi connectivity index (χ3n) is 4.26. The standard InChI is InChI=1S/C18H24N4S.HI/c1-13-16(23-17(21-13)14-8-4-2-5-9-14)12-20-18(19)22-15-10-6-3-7-11-15;/h2,4-5,8-9,15H,3,6-7,10-12H2,1H3,(H3,19,20,22);1H. The van der Waals surface area contributed by atoms with Gasteiger partial charge < -0.3 is 11.1 Å². The van der Waals surface area contributed by atoms with Crippen molar-refractivity contribution in [1.82, 2.24) is 10.3 Å². The van der Waals surface area contributed by atoms with Crippen molar-refractivity contribution >= 4 is 41.3 Å². The fourth-order valence-corrected chi connectivity index (χ4v) is 3.93. The predicted molar refractivity (Wildman–Crippen MR) is 113 cm³/mol. The molecule has 24 heavy (non-hydrogen) atoms. The summed E-state index contributed by atoms with van der Waals surface area (Å²) in [6.45, 7) is 2.64. The Morgan fingerprint density at radius 1 is 1.25 bits per heavy atom. The Bertz CT molecular complexity index is 663. The van der Waals surface area contributed by atoms with E-state index in [0.717, 1.165) is 16.3 Å². The number of aliphatic imine (C=N–C) groups is 1. The Morgan fingerprint density at radius 2 is 1.96 bits per heavy atom. The monoisotopic (exact) mass is 456 g/mol. The zero-order valence-corrected chi connectivity index (χ0v) is 17.1. The number of halogens is 1. The van der Waals surface area contributed by atoms with Crippen LogP contribution in [-0.2, 0) is 6.54 Å². The highest BCUT2D eigenvalue weighted by Gasteiger charge is 2.14. The van der Waals surface area contributed by atoms with E-state index >= 15 is 0 Å². The van der Waals surface area contributed by atoms with Crippen molar-refractivity contribution in [2.45, 2.75) is 51.6 Å². The molecule has 0 bridgehead atoms. The molecule has 0 spiro atoms. The van der Waals surface area contributed by atoms with Crippen LogP contribution in [0.25, 0.3) is 10.6 Å². The lowest BCUT2D eigenvalue weighted by Gasteiger charge is -2.23. The normalized spacial score (nSPS) is 15.8. The van der Waals surface area contributed by atoms with Gasteiger partial charge in [0.05, 0.1) is 12.2 Å². The number of nitrogens with zero attached hydrogens (tertiary/aromatic N) is 2. The summed E-state index contributed by atoms with van der Waals surface area (Å²) in [7, 11) is 0. The van der Waals surface area contributed by atoms with Gasteiger partial charge in [0, 0.05) is 16.5 Å². The number of benzene rings is 1. The average Bonchev–Trinajstić information content (AvgIpc) is 2.96. The van der Waals surface area contributed by atoms with E-state index in [1.54, 1.807) is 11.3 Å². The van der Waals surface area contributed by atoms with E-state index in [4.69, 9.17) is 5.73 Å². The van der Waals surface area contributed by atoms with Crippen LogP contribution in [0.2, 0.25) is 0 Å². The molecule has 0 unspecified atom stereocenters. The number of aromatic nitrogens is 1. The fourth-order valence-electron chi connectivity index (χ4n) is 2.94. The lowest BCUT2D eigenvalue weighted by Crippen LogP contribution is -2.41. The molecule has 1 aliphatic carbocycles. The van der Waals surface area contributed by atoms with E-state index in [1.165, 1.54) is 37.0 Å². The molecule has 0 saturated heterocycles. The second kappa shape index (κ2) is 9.36. The molecule has 1 fully saturated rings. The Kier molecular flexibility index (Phi) is 7.48. The van der Waals surface area contributed by atoms with E-state index in [1.807, 2.05) is 25.1 Å². The highest BCUT2D eigenvalue weighted by molar-refractivity contribution is 14.0. The number of guanidine groups is 1. The van der Waals surface area contributed by atoms with E-state index in [0.29, 0.717) is 18.5 Å². The topological polar surface area (TPSA) is 63.3 Å². The summed E-state index contributed by atoms with van der Waals surface area (Å²) < 4.78 is 0. The number of hydrogen-bond acceptors (Lipinski definition) is 3. The second-order valence-corrected chi connectivity index (χ2v) is 7.16. The van der Waals surface area contributed by atoms with Gasteiger partial charge in [-0.25, -0.2) is 9.98 Å². The van der Waals surface area contributed by atoms with Crippen LogP contribution in [0.5, 0.6) is 0 Å². The quantitative estimate of drug-likeness (QED) is 0.405. The van der Waals surface area contributed by atoms with E-state index in [9.17, 15) is 0 Å². The van der Waals surface area contributed by atoms with Crippen molar-refractivity contribution in [3.05, 3.63) is 40.9 Å². The summed E-state index contributed by atoms with van der Waals surface area (Å²) >= 11 is 1.70. The minimum absolute atomic E-state index is 0. The first-order valence-electron chi connectivity index (χ1n) is 8.30. The van der Waals surface area contributed by atoms with Gasteiger partial charge >= 0.3 is 0 Å². The molecular formula is C18H25IN4S. The van der Waals surface area contributed by atoms with Gasteiger partial charge in [0.2, 0.25) is 0 Å². The molecule has 1 saturated carbocycles. The summed E-state index contributed by atoms with van der Waals surface area (Å²) in [6, 6.07) is 10.8. The number of nitrogens with one attached hydrogen (secondary N) is 1. The predicted octanol–water partition coefficient (Wildman–Crippen LogP) is 4.47. The zero-order valence-electron chi connectivity index (χ0n) is 14.0. The molecule has 1 heterocycles. The van der Waals surface area contributed by atoms with Crippen LogP contribution in [0, 0.1) is 6.92 Å². The van der Waals surface area contributed by atoms with Crippen molar-refractivity contribution in [2.75, 3.05) is 0 Å². The van der Waals surface area contributed by atoms with Gasteiger partial charge in [-0.05, 0) is 19.8 Å². The molecule has 6 heteroatoms. The maximum absolute atomic E-state index is 6.04. The molecule has 0 aliphatic heterocycles. The Labute approximate surface area is 165 Å². The van der Waals surface area contributed by atoms with Crippen LogP contribution < -0.4 is 11.1 Å². The first kappa shape index (κ1) is 19.2. The SMILES string of the molecule is Cc1nc(-c2ccccc2)sc1CN=C(N)NC1CCCCC1.I. The summed E-state index contributed by atoms with van der Waals surface area (Å²) in [5, 5.41) is 4.41. The summed E-state index contributed by atoms with van der Waals surface area (Å²) in [5.41, 5.74) is 8.24. The Hall–Kier alpha value is -1.15. The van der Waals surface area contributed by atoms with Gasteiger partial charge in [-0.2, -0.15) is 0 Å². The van der Waals surface area contributed by atoms with Gasteiger partial charge in [0.25, 0.3) is 0 Å². The molecule has 0 atom stereocenters. The van der Waals surface area contributed by atoms with Crippen LogP contribution in [0.3, 0.4) is 0 Å². The molecule has 2 aromatic rings. The molecule has 3 N–H and O–H groups in total. The lowest BCUT2D eigenvalue weighted by atomic mass is 9.96. The van der Waals surface area contributed by atoms with Crippen LogP contribution in [0.15, 0.2) is 35.3 Å². The Balaban J connectivity index is 0.00000208. The van der Waals surface area contributed by atoms with Crippen molar-refractivity contribution in [2.24, 2.45) is 10.7 Å². The van der Waals surface area contributed by atoms with E-state index in [2.05, 4.69) is 27.4 Å². The van der Waals surface area contributed by atoms with Crippen LogP contribution in [0.4, 0.5) is 0 Å². The molecule has 0 radical (unpaired) electrons. The van der Waals surface area contributed by atoms with E-state index < -0.39 is 0 Å². The molecule has 1 aromatic heterocycles. The van der Waals surface area contributed by atoms with E-state index in [-0.39, 0.29) is 24.0 Å². The number of hydrogen-bond donors (Lipinski definition) is 2. The number of aryl methyl sites for hydroxylation is 1. The molecule has 1 aliphatic rings. The molecule has 130 valence electrons. The van der Waals surface area contributed by atoms with Gasteiger partial charge in [0.1, 0.15) is 5.01 Å². The van der Waals surface area contributed by atoms with Gasteiger partial charge in [-0.15, -0.1) is 35.3 Å². The lowest BCUT2D eigenvalue weighted by molar-refractivity contribution is 0.412. The van der Waals surface area contributed by atoms with Crippen molar-refractivity contribution < 1.29 is 0 Å². The zero-order chi connectivity index (χ0) is 16.1. The largest absolute Gasteiger partial charge is 0.370 e. The minimum Gasteiger partial charge on any atom is -0.370 e. The molecule has 3 rings (SSSR count).